The van der Waals surface area contributed by atoms with E-state index in [0.29, 0.717) is 35.3 Å². The van der Waals surface area contributed by atoms with E-state index < -0.39 is 59.0 Å². The number of piperidine rings is 1. The Labute approximate surface area is 230 Å². The van der Waals surface area contributed by atoms with Gasteiger partial charge in [0.1, 0.15) is 17.1 Å². The summed E-state index contributed by atoms with van der Waals surface area (Å²) in [5, 5.41) is 4.79. The van der Waals surface area contributed by atoms with Crippen molar-refractivity contribution in [2.45, 2.75) is 24.6 Å². The lowest BCUT2D eigenvalue weighted by Crippen LogP contribution is -2.58. The van der Waals surface area contributed by atoms with E-state index in [4.69, 9.17) is 4.74 Å². The van der Waals surface area contributed by atoms with Crippen LogP contribution in [0.5, 0.6) is 5.75 Å². The van der Waals surface area contributed by atoms with Crippen molar-refractivity contribution < 1.29 is 46.3 Å². The molecule has 41 heavy (non-hydrogen) atoms. The van der Waals surface area contributed by atoms with Crippen LogP contribution in [0.15, 0.2) is 36.4 Å². The Morgan fingerprint density at radius 1 is 1.07 bits per heavy atom. The summed E-state index contributed by atoms with van der Waals surface area (Å²) in [5.41, 5.74) is -2.60. The number of ether oxygens (including phenoxy) is 1. The molecule has 0 aromatic heterocycles. The van der Waals surface area contributed by atoms with Gasteiger partial charge < -0.3 is 20.3 Å². The molecule has 2 aromatic carbocycles. The van der Waals surface area contributed by atoms with Crippen LogP contribution in [0.25, 0.3) is 0 Å². The Bertz CT molecular complexity index is 1470. The molecule has 0 saturated carbocycles. The maximum Gasteiger partial charge on any atom is 0.416 e. The van der Waals surface area contributed by atoms with Crippen LogP contribution in [0.2, 0.25) is 0 Å². The minimum Gasteiger partial charge on any atom is -0.482 e. The molecule has 2 fully saturated rings. The highest BCUT2D eigenvalue weighted by molar-refractivity contribution is 6.17. The van der Waals surface area contributed by atoms with Gasteiger partial charge in [-0.25, -0.2) is 9.18 Å². The van der Waals surface area contributed by atoms with Crippen molar-refractivity contribution in [1.82, 2.24) is 15.1 Å². The van der Waals surface area contributed by atoms with Gasteiger partial charge in [0, 0.05) is 26.2 Å². The average molecular weight is 577 g/mol. The number of likely N-dealkylation sites (tertiary alicyclic amines) is 1. The van der Waals surface area contributed by atoms with E-state index >= 15 is 0 Å². The third-order valence-corrected chi connectivity index (χ3v) is 7.35. The molecule has 3 aliphatic heterocycles. The highest BCUT2D eigenvalue weighted by Gasteiger charge is 2.58. The Kier molecular flexibility index (Phi) is 6.83. The van der Waals surface area contributed by atoms with Gasteiger partial charge in [-0.1, -0.05) is 0 Å². The normalized spacial score (nSPS) is 18.3. The predicted molar refractivity (Wildman–Crippen MR) is 133 cm³/mol. The standard InChI is InChI=1S/C26H23F4N5O6/c1-33-23(39)25(35(24(33)40)15-3-5-18-19(11-15)41-13-20(36)32-18)6-8-34(9-7-25)21(37)12-31-22(38)16-10-14(26(28,29)30)2-4-17(16)27/h2-5,10-11H,6-9,12-13H2,1H3,(H,31,38)(H,32,36). The molecule has 0 radical (unpaired) electrons. The number of nitrogens with zero attached hydrogens (tertiary/aromatic N) is 3. The number of fused-ring (bicyclic) bond motifs is 1. The summed E-state index contributed by atoms with van der Waals surface area (Å²) in [5.74, 6) is -3.43. The van der Waals surface area contributed by atoms with Crippen molar-refractivity contribution in [3.63, 3.8) is 0 Å². The first kappa shape index (κ1) is 27.9. The molecular formula is C26H23F4N5O6. The van der Waals surface area contributed by atoms with Gasteiger partial charge in [0.2, 0.25) is 5.91 Å². The number of benzene rings is 2. The Balaban J connectivity index is 1.27. The molecule has 15 heteroatoms. The Hall–Kier alpha value is -4.69. The Morgan fingerprint density at radius 3 is 2.46 bits per heavy atom. The first-order valence-electron chi connectivity index (χ1n) is 12.4. The third-order valence-electron chi connectivity index (χ3n) is 7.35. The van der Waals surface area contributed by atoms with E-state index in [2.05, 4.69) is 10.6 Å². The summed E-state index contributed by atoms with van der Waals surface area (Å²) in [6.07, 6.45) is -4.68. The molecule has 216 valence electrons. The summed E-state index contributed by atoms with van der Waals surface area (Å²) >= 11 is 0. The summed E-state index contributed by atoms with van der Waals surface area (Å²) in [6.45, 7) is -0.782. The summed E-state index contributed by atoms with van der Waals surface area (Å²) < 4.78 is 58.3. The van der Waals surface area contributed by atoms with Crippen LogP contribution in [0.1, 0.15) is 28.8 Å². The van der Waals surface area contributed by atoms with Gasteiger partial charge in [0.15, 0.2) is 6.61 Å². The first-order valence-corrected chi connectivity index (χ1v) is 12.4. The van der Waals surface area contributed by atoms with Crippen LogP contribution in [0.3, 0.4) is 0 Å². The van der Waals surface area contributed by atoms with E-state index in [9.17, 15) is 41.5 Å². The van der Waals surface area contributed by atoms with Crippen molar-refractivity contribution in [1.29, 1.82) is 0 Å². The minimum absolute atomic E-state index is 0.0213. The van der Waals surface area contributed by atoms with Gasteiger partial charge in [-0.15, -0.1) is 0 Å². The van der Waals surface area contributed by atoms with E-state index in [1.165, 1.54) is 16.8 Å². The smallest absolute Gasteiger partial charge is 0.416 e. The van der Waals surface area contributed by atoms with Crippen molar-refractivity contribution in [3.05, 3.63) is 53.3 Å². The van der Waals surface area contributed by atoms with E-state index in [1.54, 1.807) is 18.2 Å². The van der Waals surface area contributed by atoms with Crippen molar-refractivity contribution in [2.24, 2.45) is 0 Å². The number of nitrogens with one attached hydrogen (secondary N) is 2. The second-order valence-electron chi connectivity index (χ2n) is 9.79. The van der Waals surface area contributed by atoms with Crippen LogP contribution >= 0.6 is 0 Å². The molecule has 1 spiro atoms. The van der Waals surface area contributed by atoms with Crippen LogP contribution in [-0.2, 0) is 20.6 Å². The number of hydrogen-bond donors (Lipinski definition) is 2. The highest BCUT2D eigenvalue weighted by atomic mass is 19.4. The fourth-order valence-corrected chi connectivity index (χ4v) is 5.19. The zero-order valence-electron chi connectivity index (χ0n) is 21.5. The fourth-order valence-electron chi connectivity index (χ4n) is 5.19. The molecule has 0 atom stereocenters. The van der Waals surface area contributed by atoms with Gasteiger partial charge in [-0.3, -0.25) is 29.0 Å². The van der Waals surface area contributed by atoms with Crippen LogP contribution in [0, 0.1) is 5.82 Å². The number of likely N-dealkylation sites (N-methyl/N-ethyl adjacent to an activating group) is 1. The van der Waals surface area contributed by atoms with Gasteiger partial charge in [-0.05, 0) is 43.2 Å². The number of amides is 6. The summed E-state index contributed by atoms with van der Waals surface area (Å²) in [6, 6.07) is 5.49. The largest absolute Gasteiger partial charge is 0.482 e. The van der Waals surface area contributed by atoms with E-state index in [1.807, 2.05) is 0 Å². The highest BCUT2D eigenvalue weighted by Crippen LogP contribution is 2.42. The minimum atomic E-state index is -4.79. The number of anilines is 2. The van der Waals surface area contributed by atoms with Gasteiger partial charge in [0.25, 0.3) is 17.7 Å². The summed E-state index contributed by atoms with van der Waals surface area (Å²) in [7, 11) is 1.35. The molecule has 3 heterocycles. The lowest BCUT2D eigenvalue weighted by atomic mass is 9.85. The number of imide groups is 1. The van der Waals surface area contributed by atoms with Gasteiger partial charge >= 0.3 is 12.2 Å². The molecule has 2 aromatic rings. The molecule has 0 aliphatic carbocycles. The second-order valence-corrected chi connectivity index (χ2v) is 9.79. The van der Waals surface area contributed by atoms with Crippen molar-refractivity contribution in [3.8, 4) is 5.75 Å². The van der Waals surface area contributed by atoms with E-state index in [-0.39, 0.29) is 38.4 Å². The molecule has 0 unspecified atom stereocenters. The zero-order chi connectivity index (χ0) is 29.7. The number of rotatable bonds is 4. The number of urea groups is 1. The third kappa shape index (κ3) is 4.91. The Morgan fingerprint density at radius 2 is 1.78 bits per heavy atom. The molecule has 3 aliphatic rings. The number of halogens is 4. The molecule has 0 bridgehead atoms. The van der Waals surface area contributed by atoms with Crippen molar-refractivity contribution in [2.75, 3.05) is 43.5 Å². The van der Waals surface area contributed by atoms with Gasteiger partial charge in [0.05, 0.1) is 29.0 Å². The van der Waals surface area contributed by atoms with E-state index in [0.717, 1.165) is 4.90 Å². The lowest BCUT2D eigenvalue weighted by molar-refractivity contribution is -0.137. The number of carbonyl (C=O) groups is 5. The van der Waals surface area contributed by atoms with Gasteiger partial charge in [-0.2, -0.15) is 13.2 Å². The second kappa shape index (κ2) is 10.1. The molecule has 5 rings (SSSR count). The SMILES string of the molecule is CN1C(=O)N(c2ccc3c(c2)OCC(=O)N3)C2(CCN(C(=O)CNC(=O)c3cc(C(F)(F)F)ccc3F)CC2)C1=O. The van der Waals surface area contributed by atoms with Crippen LogP contribution in [0.4, 0.5) is 33.7 Å². The zero-order valence-corrected chi connectivity index (χ0v) is 21.5. The first-order chi connectivity index (χ1) is 19.3. The number of alkyl halides is 3. The maximum absolute atomic E-state index is 14.0. The van der Waals surface area contributed by atoms with Crippen LogP contribution in [-0.4, -0.2) is 78.3 Å². The molecule has 11 nitrogen and oxygen atoms in total. The quantitative estimate of drug-likeness (QED) is 0.424. The predicted octanol–water partition coefficient (Wildman–Crippen LogP) is 2.37. The molecular weight excluding hydrogens is 554 g/mol. The van der Waals surface area contributed by atoms with Crippen LogP contribution < -0.4 is 20.3 Å². The maximum atomic E-state index is 14.0. The topological polar surface area (TPSA) is 128 Å². The summed E-state index contributed by atoms with van der Waals surface area (Å²) in [4.78, 5) is 66.9. The molecule has 2 N–H and O–H groups in total. The fraction of sp³-hybridized carbons (Fsp3) is 0.346. The number of carbonyl (C=O) groups excluding carboxylic acids is 5. The molecule has 2 saturated heterocycles. The molecule has 6 amide bonds. The van der Waals surface area contributed by atoms with Crippen molar-refractivity contribution >= 4 is 41.0 Å². The monoisotopic (exact) mass is 577 g/mol. The average Bonchev–Trinajstić information content (AvgIpc) is 3.11. The number of hydrogen-bond acceptors (Lipinski definition) is 6. The lowest BCUT2D eigenvalue weighted by Gasteiger charge is -2.42.